The van der Waals surface area contributed by atoms with Crippen LogP contribution in [-0.4, -0.2) is 60.1 Å². The Balaban J connectivity index is 1.27. The second-order valence-electron chi connectivity index (χ2n) is 6.99. The van der Waals surface area contributed by atoms with Gasteiger partial charge in [-0.2, -0.15) is 4.37 Å². The van der Waals surface area contributed by atoms with E-state index in [4.69, 9.17) is 14.5 Å². The lowest BCUT2D eigenvalue weighted by Gasteiger charge is -2.34. The van der Waals surface area contributed by atoms with Crippen LogP contribution in [0.5, 0.6) is 11.5 Å². The van der Waals surface area contributed by atoms with E-state index < -0.39 is 0 Å². The van der Waals surface area contributed by atoms with Crippen LogP contribution in [0.1, 0.15) is 11.4 Å². The maximum atomic E-state index is 12.4. The van der Waals surface area contributed by atoms with Gasteiger partial charge in [0.25, 0.3) is 5.91 Å². The normalized spacial score (nSPS) is 13.9. The first-order chi connectivity index (χ1) is 14.7. The molecule has 4 rings (SSSR count). The molecule has 0 radical (unpaired) electrons. The fourth-order valence-electron chi connectivity index (χ4n) is 3.31. The molecular formula is C22H24N4O3S. The summed E-state index contributed by atoms with van der Waals surface area (Å²) in [5.74, 6) is 2.36. The Morgan fingerprint density at radius 2 is 1.80 bits per heavy atom. The van der Waals surface area contributed by atoms with Crippen molar-refractivity contribution >= 4 is 22.6 Å². The molecule has 0 aliphatic carbocycles. The van der Waals surface area contributed by atoms with Gasteiger partial charge in [0, 0.05) is 44.1 Å². The number of hydrogen-bond acceptors (Lipinski definition) is 7. The number of nitrogens with zero attached hydrogens (tertiary/aromatic N) is 4. The zero-order chi connectivity index (χ0) is 20.8. The summed E-state index contributed by atoms with van der Waals surface area (Å²) in [7, 11) is 1.66. The van der Waals surface area contributed by atoms with Gasteiger partial charge >= 0.3 is 0 Å². The van der Waals surface area contributed by atoms with E-state index in [9.17, 15) is 4.79 Å². The summed E-state index contributed by atoms with van der Waals surface area (Å²) in [6.07, 6.45) is 0.670. The van der Waals surface area contributed by atoms with Crippen molar-refractivity contribution in [3.63, 3.8) is 0 Å². The van der Waals surface area contributed by atoms with E-state index in [0.29, 0.717) is 25.3 Å². The van der Waals surface area contributed by atoms with Crippen LogP contribution < -0.4 is 14.4 Å². The molecular weight excluding hydrogens is 400 g/mol. The van der Waals surface area contributed by atoms with Gasteiger partial charge in [-0.25, -0.2) is 4.98 Å². The second-order valence-corrected chi connectivity index (χ2v) is 7.72. The maximum absolute atomic E-state index is 12.4. The summed E-state index contributed by atoms with van der Waals surface area (Å²) in [6.45, 7) is 2.85. The van der Waals surface area contributed by atoms with Crippen LogP contribution in [0.3, 0.4) is 0 Å². The number of aromatic nitrogens is 2. The third kappa shape index (κ3) is 5.07. The zero-order valence-electron chi connectivity index (χ0n) is 16.9. The summed E-state index contributed by atoms with van der Waals surface area (Å²) in [5.41, 5.74) is 1.12. The Hall–Kier alpha value is -3.13. The number of methoxy groups -OCH3 is 1. The van der Waals surface area contributed by atoms with Gasteiger partial charge in [0.15, 0.2) is 6.61 Å². The van der Waals surface area contributed by atoms with Crippen molar-refractivity contribution in [3.05, 3.63) is 66.0 Å². The Morgan fingerprint density at radius 3 is 2.57 bits per heavy atom. The van der Waals surface area contributed by atoms with E-state index in [1.54, 1.807) is 7.11 Å². The number of carbonyl (C=O) groups excluding carboxylic acids is 1. The average molecular weight is 425 g/mol. The van der Waals surface area contributed by atoms with Crippen molar-refractivity contribution in [2.45, 2.75) is 6.42 Å². The lowest BCUT2D eigenvalue weighted by atomic mass is 10.1. The van der Waals surface area contributed by atoms with Crippen molar-refractivity contribution < 1.29 is 14.3 Å². The lowest BCUT2D eigenvalue weighted by molar-refractivity contribution is -0.133. The highest BCUT2D eigenvalue weighted by Gasteiger charge is 2.23. The predicted octanol–water partition coefficient (Wildman–Crippen LogP) is 2.87. The molecule has 1 saturated heterocycles. The SMILES string of the molecule is COc1cccc(Cc2nsc(N3CCN(C(=O)COc4ccccc4)CC3)n2)c1. The lowest BCUT2D eigenvalue weighted by Crippen LogP contribution is -2.50. The molecule has 30 heavy (non-hydrogen) atoms. The van der Waals surface area contributed by atoms with Crippen molar-refractivity contribution in [2.75, 3.05) is 44.8 Å². The number of hydrogen-bond donors (Lipinski definition) is 0. The molecule has 1 aliphatic heterocycles. The summed E-state index contributed by atoms with van der Waals surface area (Å²) in [6, 6.07) is 17.4. The van der Waals surface area contributed by atoms with Gasteiger partial charge in [0.2, 0.25) is 5.13 Å². The third-order valence-corrected chi connectivity index (χ3v) is 5.78. The van der Waals surface area contributed by atoms with Crippen LogP contribution in [0, 0.1) is 0 Å². The minimum atomic E-state index is 0.00878. The van der Waals surface area contributed by atoms with E-state index in [2.05, 4.69) is 9.27 Å². The van der Waals surface area contributed by atoms with Crippen molar-refractivity contribution in [3.8, 4) is 11.5 Å². The Morgan fingerprint density at radius 1 is 1.03 bits per heavy atom. The molecule has 1 aliphatic rings. The number of ether oxygens (including phenoxy) is 2. The first-order valence-corrected chi connectivity index (χ1v) is 10.6. The van der Waals surface area contributed by atoms with Gasteiger partial charge in [-0.3, -0.25) is 4.79 Å². The quantitative estimate of drug-likeness (QED) is 0.581. The van der Waals surface area contributed by atoms with Crippen LogP contribution in [0.15, 0.2) is 54.6 Å². The molecule has 3 aromatic rings. The van der Waals surface area contributed by atoms with Crippen LogP contribution in [0.4, 0.5) is 5.13 Å². The highest BCUT2D eigenvalue weighted by atomic mass is 32.1. The fourth-order valence-corrected chi connectivity index (χ4v) is 4.05. The predicted molar refractivity (Wildman–Crippen MR) is 116 cm³/mol. The second kappa shape index (κ2) is 9.58. The number of para-hydroxylation sites is 1. The molecule has 0 atom stereocenters. The van der Waals surface area contributed by atoms with Crippen LogP contribution >= 0.6 is 11.5 Å². The molecule has 0 spiro atoms. The van der Waals surface area contributed by atoms with Crippen LogP contribution in [-0.2, 0) is 11.2 Å². The van der Waals surface area contributed by atoms with Gasteiger partial charge in [0.05, 0.1) is 7.11 Å². The fraction of sp³-hybridized carbons (Fsp3) is 0.318. The molecule has 0 bridgehead atoms. The van der Waals surface area contributed by atoms with E-state index in [1.807, 2.05) is 59.5 Å². The first-order valence-electron chi connectivity index (χ1n) is 9.87. The molecule has 8 heteroatoms. The molecule has 0 saturated carbocycles. The Labute approximate surface area is 180 Å². The van der Waals surface area contributed by atoms with Crippen molar-refractivity contribution in [2.24, 2.45) is 0 Å². The topological polar surface area (TPSA) is 67.8 Å². The molecule has 7 nitrogen and oxygen atoms in total. The van der Waals surface area contributed by atoms with E-state index in [-0.39, 0.29) is 12.5 Å². The zero-order valence-corrected chi connectivity index (χ0v) is 17.7. The summed E-state index contributed by atoms with van der Waals surface area (Å²) < 4.78 is 15.4. The monoisotopic (exact) mass is 424 g/mol. The number of piperazine rings is 1. The van der Waals surface area contributed by atoms with Gasteiger partial charge in [-0.1, -0.05) is 30.3 Å². The minimum absolute atomic E-state index is 0.00878. The number of benzene rings is 2. The average Bonchev–Trinajstić information content (AvgIpc) is 3.27. The number of anilines is 1. The van der Waals surface area contributed by atoms with Crippen LogP contribution in [0.25, 0.3) is 0 Å². The van der Waals surface area contributed by atoms with Gasteiger partial charge in [0.1, 0.15) is 17.3 Å². The molecule has 2 heterocycles. The number of amides is 1. The molecule has 156 valence electrons. The van der Waals surface area contributed by atoms with Gasteiger partial charge in [-0.05, 0) is 29.8 Å². The summed E-state index contributed by atoms with van der Waals surface area (Å²) in [5, 5.41) is 0.903. The highest BCUT2D eigenvalue weighted by Crippen LogP contribution is 2.22. The molecule has 0 N–H and O–H groups in total. The number of carbonyl (C=O) groups is 1. The molecule has 1 aromatic heterocycles. The van der Waals surface area contributed by atoms with E-state index in [0.717, 1.165) is 35.4 Å². The Kier molecular flexibility index (Phi) is 6.44. The van der Waals surface area contributed by atoms with Crippen LogP contribution in [0.2, 0.25) is 0 Å². The maximum Gasteiger partial charge on any atom is 0.260 e. The summed E-state index contributed by atoms with van der Waals surface area (Å²) in [4.78, 5) is 21.1. The largest absolute Gasteiger partial charge is 0.497 e. The molecule has 1 amide bonds. The van der Waals surface area contributed by atoms with Crippen molar-refractivity contribution in [1.29, 1.82) is 0 Å². The van der Waals surface area contributed by atoms with E-state index >= 15 is 0 Å². The number of rotatable bonds is 7. The molecule has 0 unspecified atom stereocenters. The minimum Gasteiger partial charge on any atom is -0.497 e. The van der Waals surface area contributed by atoms with Gasteiger partial charge < -0.3 is 19.3 Å². The summed E-state index contributed by atoms with van der Waals surface area (Å²) >= 11 is 1.41. The highest BCUT2D eigenvalue weighted by molar-refractivity contribution is 7.09. The van der Waals surface area contributed by atoms with Gasteiger partial charge in [-0.15, -0.1) is 0 Å². The molecule has 1 fully saturated rings. The van der Waals surface area contributed by atoms with E-state index in [1.165, 1.54) is 11.5 Å². The van der Waals surface area contributed by atoms with Crippen molar-refractivity contribution in [1.82, 2.24) is 14.3 Å². The smallest absolute Gasteiger partial charge is 0.260 e. The Bertz CT molecular complexity index is 971. The molecule has 2 aromatic carbocycles. The third-order valence-electron chi connectivity index (χ3n) is 4.96. The standard InChI is InChI=1S/C22H24N4O3S/c1-28-19-9-5-6-17(14-19)15-20-23-22(30-24-20)26-12-10-25(11-13-26)21(27)16-29-18-7-3-2-4-8-18/h2-9,14H,10-13,15-16H2,1H3. The first kappa shape index (κ1) is 20.2.